The van der Waals surface area contributed by atoms with Crippen molar-refractivity contribution in [2.24, 2.45) is 0 Å². The largest absolute Gasteiger partial charge is 0.354 e. The molecule has 4 nitrogen and oxygen atoms in total. The van der Waals surface area contributed by atoms with Crippen molar-refractivity contribution in [2.75, 3.05) is 0 Å². The van der Waals surface area contributed by atoms with Gasteiger partial charge in [0.25, 0.3) is 0 Å². The normalized spacial score (nSPS) is 12.5. The molecule has 1 N–H and O–H groups in total. The van der Waals surface area contributed by atoms with Crippen LogP contribution in [-0.2, 0) is 10.8 Å². The first-order valence-electron chi connectivity index (χ1n) is 19.5. The lowest BCUT2D eigenvalue weighted by Crippen LogP contribution is -2.12. The van der Waals surface area contributed by atoms with Crippen LogP contribution in [0, 0.1) is 0 Å². The molecule has 0 radical (unpaired) electrons. The Morgan fingerprint density at radius 2 is 1.31 bits per heavy atom. The molecule has 3 aromatic heterocycles. The number of aromatic nitrogens is 4. The molecule has 55 heavy (non-hydrogen) atoms. The molecule has 0 fully saturated rings. The topological polar surface area (TPSA) is 46.5 Å². The van der Waals surface area contributed by atoms with Gasteiger partial charge in [-0.05, 0) is 118 Å². The summed E-state index contributed by atoms with van der Waals surface area (Å²) in [6.07, 6.45) is 1.92. The molecule has 6 aromatic carbocycles. The molecule has 0 aliphatic carbocycles. The van der Waals surface area contributed by atoms with Gasteiger partial charge in [0.15, 0.2) is 0 Å². The number of pyridine rings is 1. The summed E-state index contributed by atoms with van der Waals surface area (Å²) in [4.78, 5) is 14.4. The number of fused-ring (bicyclic) bond motifs is 5. The van der Waals surface area contributed by atoms with Gasteiger partial charge in [-0.1, -0.05) is 114 Å². The highest BCUT2D eigenvalue weighted by molar-refractivity contribution is 6.13. The van der Waals surface area contributed by atoms with E-state index in [1.807, 2.05) is 6.20 Å². The molecule has 0 saturated heterocycles. The molecule has 0 saturated carbocycles. The molecular formula is C51H48N4. The summed E-state index contributed by atoms with van der Waals surface area (Å²) >= 11 is 0. The van der Waals surface area contributed by atoms with Crippen LogP contribution in [-0.4, -0.2) is 19.5 Å². The predicted octanol–water partition coefficient (Wildman–Crippen LogP) is 14.1. The highest BCUT2D eigenvalue weighted by Gasteiger charge is 2.25. The van der Waals surface area contributed by atoms with E-state index in [0.717, 1.165) is 61.4 Å². The first kappa shape index (κ1) is 34.7. The fraction of sp³-hybridized carbons (Fsp3) is 0.216. The second-order valence-electron chi connectivity index (χ2n) is 17.4. The van der Waals surface area contributed by atoms with Crippen molar-refractivity contribution < 1.29 is 0 Å². The highest BCUT2D eigenvalue weighted by atomic mass is 15.1. The van der Waals surface area contributed by atoms with Crippen molar-refractivity contribution in [1.82, 2.24) is 19.5 Å². The van der Waals surface area contributed by atoms with E-state index >= 15 is 0 Å². The third-order valence-electron chi connectivity index (χ3n) is 11.2. The van der Waals surface area contributed by atoms with Crippen LogP contribution >= 0.6 is 0 Å². The number of hydrogen-bond acceptors (Lipinski definition) is 2. The number of H-pyrrole nitrogens is 1. The molecule has 0 aliphatic heterocycles. The molecule has 3 heterocycles. The minimum atomic E-state index is -0.0563. The van der Waals surface area contributed by atoms with Gasteiger partial charge in [0.2, 0.25) is 0 Å². The Kier molecular flexibility index (Phi) is 8.09. The summed E-state index contributed by atoms with van der Waals surface area (Å²) in [5.74, 6) is 0.980. The fourth-order valence-electron chi connectivity index (χ4n) is 8.20. The summed E-state index contributed by atoms with van der Waals surface area (Å²) in [6.45, 7) is 18.3. The van der Waals surface area contributed by atoms with E-state index in [1.54, 1.807) is 0 Å². The first-order valence-corrected chi connectivity index (χ1v) is 19.5. The molecular weight excluding hydrogens is 669 g/mol. The molecule has 0 amide bonds. The van der Waals surface area contributed by atoms with Crippen LogP contribution < -0.4 is 0 Å². The number of para-hydroxylation sites is 1. The van der Waals surface area contributed by atoms with Crippen LogP contribution in [0.4, 0.5) is 0 Å². The van der Waals surface area contributed by atoms with E-state index in [0.29, 0.717) is 0 Å². The maximum Gasteiger partial charge on any atom is 0.143 e. The number of benzene rings is 6. The Morgan fingerprint density at radius 3 is 2.07 bits per heavy atom. The quantitative estimate of drug-likeness (QED) is 0.193. The summed E-state index contributed by atoms with van der Waals surface area (Å²) in [5, 5.41) is 4.88. The Labute approximate surface area is 323 Å². The third-order valence-corrected chi connectivity index (χ3v) is 11.2. The van der Waals surface area contributed by atoms with Crippen molar-refractivity contribution in [3.63, 3.8) is 0 Å². The zero-order valence-electron chi connectivity index (χ0n) is 33.1. The second-order valence-corrected chi connectivity index (χ2v) is 17.4. The summed E-state index contributed by atoms with van der Waals surface area (Å²) in [6, 6.07) is 46.6. The van der Waals surface area contributed by atoms with Crippen LogP contribution in [0.15, 0.2) is 134 Å². The SMILES string of the molecule is CC(C)n1c(-c2cc(C(C)(C)C)cc3c2[nH]c2ccc(C(C)(C)C)cc23)nc2c(-c3cc(-c4cc(-c5ccccc5)ccn4)cc4ccccc34)cccc21. The van der Waals surface area contributed by atoms with Gasteiger partial charge >= 0.3 is 0 Å². The smallest absolute Gasteiger partial charge is 0.143 e. The summed E-state index contributed by atoms with van der Waals surface area (Å²) in [7, 11) is 0. The summed E-state index contributed by atoms with van der Waals surface area (Å²) in [5.41, 5.74) is 14.8. The van der Waals surface area contributed by atoms with Gasteiger partial charge in [-0.15, -0.1) is 0 Å². The van der Waals surface area contributed by atoms with Crippen LogP contribution in [0.25, 0.3) is 88.5 Å². The van der Waals surface area contributed by atoms with Gasteiger partial charge in [0.05, 0.1) is 22.2 Å². The van der Waals surface area contributed by atoms with Crippen molar-refractivity contribution >= 4 is 43.6 Å². The van der Waals surface area contributed by atoms with E-state index in [2.05, 4.69) is 192 Å². The maximum atomic E-state index is 5.67. The Balaban J connectivity index is 1.30. The standard InChI is InChI=1S/C51H48N4/c1-31(2)55-46-20-14-19-39(40-26-35(25-34-17-12-13-18-38(34)40)45-27-33(23-24-52-45)32-15-10-9-11-16-32)48(46)54-49(55)43-30-37(51(6,7)8)29-42-41-28-36(50(3,4)5)21-22-44(41)53-47(42)43/h9-31,53H,1-8H3. The minimum Gasteiger partial charge on any atom is -0.354 e. The van der Waals surface area contributed by atoms with Crippen molar-refractivity contribution in [2.45, 2.75) is 72.3 Å². The number of nitrogens with one attached hydrogen (secondary N) is 1. The molecule has 9 aromatic rings. The number of rotatable bonds is 5. The Bertz CT molecular complexity index is 2910. The van der Waals surface area contributed by atoms with Gasteiger partial charge in [-0.2, -0.15) is 0 Å². The van der Waals surface area contributed by atoms with Gasteiger partial charge in [0, 0.05) is 45.2 Å². The zero-order valence-corrected chi connectivity index (χ0v) is 33.1. The number of hydrogen-bond donors (Lipinski definition) is 1. The number of imidazole rings is 1. The van der Waals surface area contributed by atoms with Crippen molar-refractivity contribution in [1.29, 1.82) is 0 Å². The van der Waals surface area contributed by atoms with Crippen LogP contribution in [0.3, 0.4) is 0 Å². The Hall–Kier alpha value is -6.00. The maximum absolute atomic E-state index is 5.67. The van der Waals surface area contributed by atoms with Crippen LogP contribution in [0.1, 0.15) is 72.6 Å². The van der Waals surface area contributed by atoms with Crippen LogP contribution in [0.2, 0.25) is 0 Å². The highest BCUT2D eigenvalue weighted by Crippen LogP contribution is 2.43. The fourth-order valence-corrected chi connectivity index (χ4v) is 8.20. The third kappa shape index (κ3) is 6.01. The lowest BCUT2D eigenvalue weighted by molar-refractivity contribution is 0.590. The van der Waals surface area contributed by atoms with E-state index in [-0.39, 0.29) is 16.9 Å². The van der Waals surface area contributed by atoms with Gasteiger partial charge in [0.1, 0.15) is 5.82 Å². The lowest BCUT2D eigenvalue weighted by atomic mass is 9.84. The van der Waals surface area contributed by atoms with E-state index < -0.39 is 0 Å². The minimum absolute atomic E-state index is 0.0481. The number of nitrogens with zero attached hydrogens (tertiary/aromatic N) is 3. The predicted molar refractivity (Wildman–Crippen MR) is 234 cm³/mol. The zero-order chi connectivity index (χ0) is 38.2. The first-order chi connectivity index (χ1) is 26.3. The van der Waals surface area contributed by atoms with E-state index in [9.17, 15) is 0 Å². The molecule has 9 rings (SSSR count). The van der Waals surface area contributed by atoms with E-state index in [1.165, 1.54) is 38.2 Å². The van der Waals surface area contributed by atoms with Gasteiger partial charge in [-0.25, -0.2) is 4.98 Å². The average Bonchev–Trinajstić information content (AvgIpc) is 3.76. The monoisotopic (exact) mass is 716 g/mol. The molecule has 272 valence electrons. The van der Waals surface area contributed by atoms with Crippen molar-refractivity contribution in [3.8, 4) is 44.9 Å². The molecule has 0 unspecified atom stereocenters. The van der Waals surface area contributed by atoms with Crippen molar-refractivity contribution in [3.05, 3.63) is 145 Å². The molecule has 0 aliphatic rings. The average molecular weight is 717 g/mol. The molecule has 0 spiro atoms. The summed E-state index contributed by atoms with van der Waals surface area (Å²) < 4.78 is 2.43. The molecule has 4 heteroatoms. The van der Waals surface area contributed by atoms with E-state index in [4.69, 9.17) is 9.97 Å². The lowest BCUT2D eigenvalue weighted by Gasteiger charge is -2.22. The number of aromatic amines is 1. The van der Waals surface area contributed by atoms with Crippen LogP contribution in [0.5, 0.6) is 0 Å². The van der Waals surface area contributed by atoms with Gasteiger partial charge in [-0.3, -0.25) is 4.98 Å². The molecule has 0 bridgehead atoms. The molecule has 0 atom stereocenters. The second kappa shape index (κ2) is 12.8. The Morgan fingerprint density at radius 1 is 0.564 bits per heavy atom. The van der Waals surface area contributed by atoms with Gasteiger partial charge < -0.3 is 9.55 Å².